The predicted octanol–water partition coefficient (Wildman–Crippen LogP) is 1.86. The molecule has 0 radical (unpaired) electrons. The topological polar surface area (TPSA) is 81.5 Å². The zero-order chi connectivity index (χ0) is 13.8. The molecule has 1 aromatic carbocycles. The Hall–Kier alpha value is -2.63. The molecule has 0 spiro atoms. The van der Waals surface area contributed by atoms with Gasteiger partial charge in [-0.2, -0.15) is 0 Å². The molecule has 0 aliphatic rings. The molecule has 1 N–H and O–H groups in total. The Morgan fingerprint density at radius 2 is 1.89 bits per heavy atom. The molecule has 0 saturated carbocycles. The summed E-state index contributed by atoms with van der Waals surface area (Å²) in [6.07, 6.45) is 2.96. The van der Waals surface area contributed by atoms with E-state index >= 15 is 0 Å². The summed E-state index contributed by atoms with van der Waals surface area (Å²) >= 11 is 0. The Labute approximate surface area is 109 Å². The SMILES string of the molecule is COc1ccc(-c2nccnc2OC)c(C(=O)O)c1. The van der Waals surface area contributed by atoms with Crippen LogP contribution in [0.4, 0.5) is 0 Å². The summed E-state index contributed by atoms with van der Waals surface area (Å²) in [7, 11) is 2.93. The summed E-state index contributed by atoms with van der Waals surface area (Å²) in [5.74, 6) is -0.333. The second kappa shape index (κ2) is 5.34. The first-order valence-corrected chi connectivity index (χ1v) is 5.44. The number of benzene rings is 1. The highest BCUT2D eigenvalue weighted by Gasteiger charge is 2.17. The van der Waals surface area contributed by atoms with E-state index in [0.717, 1.165) is 0 Å². The number of carbonyl (C=O) groups is 1. The molecule has 0 bridgehead atoms. The summed E-state index contributed by atoms with van der Waals surface area (Å²) in [6.45, 7) is 0. The third kappa shape index (κ3) is 2.47. The fourth-order valence-electron chi connectivity index (χ4n) is 1.69. The fraction of sp³-hybridized carbons (Fsp3) is 0.154. The van der Waals surface area contributed by atoms with Gasteiger partial charge in [0.1, 0.15) is 11.4 Å². The summed E-state index contributed by atoms with van der Waals surface area (Å²) in [6, 6.07) is 4.72. The van der Waals surface area contributed by atoms with Gasteiger partial charge in [-0.15, -0.1) is 0 Å². The maximum Gasteiger partial charge on any atom is 0.336 e. The van der Waals surface area contributed by atoms with Crippen molar-refractivity contribution < 1.29 is 19.4 Å². The Kier molecular flexibility index (Phi) is 3.61. The molecule has 2 aromatic rings. The number of methoxy groups -OCH3 is 2. The predicted molar refractivity (Wildman–Crippen MR) is 67.5 cm³/mol. The molecule has 6 nitrogen and oxygen atoms in total. The molecule has 0 aliphatic carbocycles. The lowest BCUT2D eigenvalue weighted by Crippen LogP contribution is -2.03. The average Bonchev–Trinajstić information content (AvgIpc) is 2.46. The molecule has 0 saturated heterocycles. The van der Waals surface area contributed by atoms with Crippen LogP contribution in [0, 0.1) is 0 Å². The normalized spacial score (nSPS) is 10.0. The Balaban J connectivity index is 2.64. The number of carboxylic acids is 1. The van der Waals surface area contributed by atoms with Crippen LogP contribution in [-0.2, 0) is 0 Å². The first-order valence-electron chi connectivity index (χ1n) is 5.44. The molecule has 98 valence electrons. The van der Waals surface area contributed by atoms with E-state index in [1.165, 1.54) is 32.7 Å². The molecule has 2 rings (SSSR count). The van der Waals surface area contributed by atoms with E-state index in [4.69, 9.17) is 9.47 Å². The van der Waals surface area contributed by atoms with Crippen molar-refractivity contribution in [3.63, 3.8) is 0 Å². The highest BCUT2D eigenvalue weighted by atomic mass is 16.5. The van der Waals surface area contributed by atoms with Crippen LogP contribution in [0.1, 0.15) is 10.4 Å². The van der Waals surface area contributed by atoms with Crippen LogP contribution in [0.5, 0.6) is 11.6 Å². The van der Waals surface area contributed by atoms with E-state index in [2.05, 4.69) is 9.97 Å². The molecule has 0 amide bonds. The molecule has 6 heteroatoms. The van der Waals surface area contributed by atoms with Crippen LogP contribution in [0.15, 0.2) is 30.6 Å². The van der Waals surface area contributed by atoms with Gasteiger partial charge in [-0.25, -0.2) is 14.8 Å². The molecule has 19 heavy (non-hydrogen) atoms. The maximum absolute atomic E-state index is 11.3. The highest BCUT2D eigenvalue weighted by molar-refractivity contribution is 5.96. The Morgan fingerprint density at radius 3 is 2.53 bits per heavy atom. The number of aromatic carboxylic acids is 1. The van der Waals surface area contributed by atoms with Gasteiger partial charge < -0.3 is 14.6 Å². The van der Waals surface area contributed by atoms with E-state index in [1.54, 1.807) is 12.1 Å². The smallest absolute Gasteiger partial charge is 0.336 e. The molecule has 1 heterocycles. The molecule has 1 aromatic heterocycles. The monoisotopic (exact) mass is 260 g/mol. The lowest BCUT2D eigenvalue weighted by Gasteiger charge is -2.10. The van der Waals surface area contributed by atoms with Gasteiger partial charge in [0.25, 0.3) is 0 Å². The van der Waals surface area contributed by atoms with Crippen molar-refractivity contribution in [3.8, 4) is 22.9 Å². The molecular weight excluding hydrogens is 248 g/mol. The minimum atomic E-state index is -1.07. The second-order valence-corrected chi connectivity index (χ2v) is 3.63. The van der Waals surface area contributed by atoms with Crippen molar-refractivity contribution in [1.82, 2.24) is 9.97 Å². The molecule has 0 fully saturated rings. The van der Waals surface area contributed by atoms with Gasteiger partial charge in [0.15, 0.2) is 0 Å². The van der Waals surface area contributed by atoms with E-state index in [-0.39, 0.29) is 11.4 Å². The quantitative estimate of drug-likeness (QED) is 0.903. The highest BCUT2D eigenvalue weighted by Crippen LogP contribution is 2.30. The standard InChI is InChI=1S/C13H12N2O4/c1-18-8-3-4-9(10(7-8)13(16)17)11-12(19-2)15-6-5-14-11/h3-7H,1-2H3,(H,16,17). The maximum atomic E-state index is 11.3. The van der Waals surface area contributed by atoms with Crippen molar-refractivity contribution in [2.45, 2.75) is 0 Å². The minimum absolute atomic E-state index is 0.0816. The molecule has 0 unspecified atom stereocenters. The summed E-state index contributed by atoms with van der Waals surface area (Å²) in [5, 5.41) is 9.27. The second-order valence-electron chi connectivity index (χ2n) is 3.63. The largest absolute Gasteiger partial charge is 0.497 e. The van der Waals surface area contributed by atoms with Crippen LogP contribution in [0.2, 0.25) is 0 Å². The third-order valence-corrected chi connectivity index (χ3v) is 2.57. The first kappa shape index (κ1) is 12.8. The summed E-state index contributed by atoms with van der Waals surface area (Å²) < 4.78 is 10.1. The van der Waals surface area contributed by atoms with Crippen LogP contribution >= 0.6 is 0 Å². The number of aromatic nitrogens is 2. The van der Waals surface area contributed by atoms with E-state index < -0.39 is 5.97 Å². The number of hydrogen-bond donors (Lipinski definition) is 1. The number of rotatable bonds is 4. The summed E-state index contributed by atoms with van der Waals surface area (Å²) in [4.78, 5) is 19.5. The number of carboxylic acid groups (broad SMARTS) is 1. The van der Waals surface area contributed by atoms with Crippen LogP contribution in [0.3, 0.4) is 0 Å². The number of ether oxygens (including phenoxy) is 2. The van der Waals surface area contributed by atoms with Crippen LogP contribution in [-0.4, -0.2) is 35.3 Å². The van der Waals surface area contributed by atoms with Gasteiger partial charge in [0.2, 0.25) is 5.88 Å². The van der Waals surface area contributed by atoms with Crippen molar-refractivity contribution in [2.24, 2.45) is 0 Å². The van der Waals surface area contributed by atoms with E-state index in [0.29, 0.717) is 17.0 Å². The molecular formula is C13H12N2O4. The van der Waals surface area contributed by atoms with Gasteiger partial charge >= 0.3 is 5.97 Å². The molecule has 0 aliphatic heterocycles. The summed E-state index contributed by atoms with van der Waals surface area (Å²) in [5.41, 5.74) is 0.890. The zero-order valence-electron chi connectivity index (χ0n) is 10.5. The lowest BCUT2D eigenvalue weighted by atomic mass is 10.0. The van der Waals surface area contributed by atoms with Gasteiger partial charge in [-0.3, -0.25) is 0 Å². The van der Waals surface area contributed by atoms with Crippen molar-refractivity contribution in [3.05, 3.63) is 36.2 Å². The van der Waals surface area contributed by atoms with Gasteiger partial charge in [-0.05, 0) is 18.2 Å². The molecule has 0 atom stereocenters. The number of hydrogen-bond acceptors (Lipinski definition) is 5. The Bertz CT molecular complexity index is 613. The van der Waals surface area contributed by atoms with Crippen molar-refractivity contribution in [2.75, 3.05) is 14.2 Å². The average molecular weight is 260 g/mol. The van der Waals surface area contributed by atoms with E-state index in [9.17, 15) is 9.90 Å². The fourth-order valence-corrected chi connectivity index (χ4v) is 1.69. The number of nitrogens with zero attached hydrogens (tertiary/aromatic N) is 2. The Morgan fingerprint density at radius 1 is 1.16 bits per heavy atom. The van der Waals surface area contributed by atoms with Gasteiger partial charge in [-0.1, -0.05) is 0 Å². The van der Waals surface area contributed by atoms with Crippen molar-refractivity contribution >= 4 is 5.97 Å². The van der Waals surface area contributed by atoms with Crippen molar-refractivity contribution in [1.29, 1.82) is 0 Å². The zero-order valence-corrected chi connectivity index (χ0v) is 10.5. The van der Waals surface area contributed by atoms with Crippen LogP contribution < -0.4 is 9.47 Å². The third-order valence-electron chi connectivity index (χ3n) is 2.57. The van der Waals surface area contributed by atoms with E-state index in [1.807, 2.05) is 0 Å². The lowest BCUT2D eigenvalue weighted by molar-refractivity contribution is 0.0697. The van der Waals surface area contributed by atoms with Gasteiger partial charge in [0.05, 0.1) is 19.8 Å². The van der Waals surface area contributed by atoms with Crippen LogP contribution in [0.25, 0.3) is 11.3 Å². The minimum Gasteiger partial charge on any atom is -0.497 e. The first-order chi connectivity index (χ1) is 9.17. The van der Waals surface area contributed by atoms with Gasteiger partial charge in [0, 0.05) is 18.0 Å².